The molecule has 2 N–H and O–H groups in total. The standard InChI is InChI=1S/C16H22N4O3/c1-19-6-3-11(4-7-19)18-15(21)10-17-16(22)13-9-14-12(20(13)2)5-8-23-14/h5,8-9,11H,3-4,6-7,10H2,1-2H3,(H,17,22)(H,18,21). The fraction of sp³-hybridized carbons (Fsp3) is 0.500. The van der Waals surface area contributed by atoms with Gasteiger partial charge >= 0.3 is 0 Å². The van der Waals surface area contributed by atoms with E-state index in [1.807, 2.05) is 0 Å². The third-order valence-electron chi connectivity index (χ3n) is 4.39. The van der Waals surface area contributed by atoms with E-state index in [1.165, 1.54) is 0 Å². The molecule has 0 aromatic carbocycles. The number of hydrogen-bond donors (Lipinski definition) is 2. The molecule has 23 heavy (non-hydrogen) atoms. The minimum Gasteiger partial charge on any atom is -0.463 e. The number of carbonyl (C=O) groups is 2. The molecule has 3 heterocycles. The average molecular weight is 318 g/mol. The summed E-state index contributed by atoms with van der Waals surface area (Å²) in [7, 11) is 3.87. The Hall–Kier alpha value is -2.28. The van der Waals surface area contributed by atoms with Crippen molar-refractivity contribution in [3.8, 4) is 0 Å². The molecule has 1 aliphatic heterocycles. The van der Waals surface area contributed by atoms with Crippen LogP contribution in [-0.4, -0.2) is 54.0 Å². The molecule has 124 valence electrons. The van der Waals surface area contributed by atoms with Gasteiger partial charge in [0, 0.05) is 25.2 Å². The normalized spacial score (nSPS) is 16.6. The highest BCUT2D eigenvalue weighted by molar-refractivity contribution is 5.99. The van der Waals surface area contributed by atoms with Crippen molar-refractivity contribution >= 4 is 22.9 Å². The SMILES string of the molecule is CN1CCC(NC(=O)CNC(=O)c2cc3occc3n2C)CC1. The number of rotatable bonds is 4. The minimum atomic E-state index is -0.280. The van der Waals surface area contributed by atoms with Crippen LogP contribution in [0.25, 0.3) is 11.1 Å². The number of aryl methyl sites for hydroxylation is 1. The lowest BCUT2D eigenvalue weighted by atomic mass is 10.1. The summed E-state index contributed by atoms with van der Waals surface area (Å²) in [5.41, 5.74) is 1.99. The zero-order chi connectivity index (χ0) is 16.4. The third kappa shape index (κ3) is 3.39. The van der Waals surface area contributed by atoms with Crippen LogP contribution in [0.5, 0.6) is 0 Å². The van der Waals surface area contributed by atoms with Crippen molar-refractivity contribution in [2.75, 3.05) is 26.7 Å². The number of aromatic nitrogens is 1. The Labute approximate surface area is 134 Å². The van der Waals surface area contributed by atoms with Crippen LogP contribution >= 0.6 is 0 Å². The van der Waals surface area contributed by atoms with Gasteiger partial charge in [0.15, 0.2) is 5.58 Å². The number of furan rings is 1. The summed E-state index contributed by atoms with van der Waals surface area (Å²) in [4.78, 5) is 26.4. The van der Waals surface area contributed by atoms with E-state index < -0.39 is 0 Å². The molecule has 0 spiro atoms. The molecule has 2 aromatic heterocycles. The van der Waals surface area contributed by atoms with Gasteiger partial charge in [-0.2, -0.15) is 0 Å². The maximum absolute atomic E-state index is 12.2. The smallest absolute Gasteiger partial charge is 0.268 e. The summed E-state index contributed by atoms with van der Waals surface area (Å²) in [6.07, 6.45) is 3.48. The molecule has 3 rings (SSSR count). The molecular formula is C16H22N4O3. The van der Waals surface area contributed by atoms with Gasteiger partial charge in [-0.05, 0) is 33.0 Å². The van der Waals surface area contributed by atoms with Crippen LogP contribution in [0.2, 0.25) is 0 Å². The molecule has 2 amide bonds. The minimum absolute atomic E-state index is 0.0162. The summed E-state index contributed by atoms with van der Waals surface area (Å²) in [5, 5.41) is 5.64. The van der Waals surface area contributed by atoms with Crippen molar-refractivity contribution in [1.29, 1.82) is 0 Å². The predicted octanol–water partition coefficient (Wildman–Crippen LogP) is 0.712. The Morgan fingerprint density at radius 3 is 2.74 bits per heavy atom. The lowest BCUT2D eigenvalue weighted by Crippen LogP contribution is -2.46. The number of nitrogens with zero attached hydrogens (tertiary/aromatic N) is 2. The average Bonchev–Trinajstić information content (AvgIpc) is 3.11. The van der Waals surface area contributed by atoms with Gasteiger partial charge in [-0.15, -0.1) is 0 Å². The molecule has 0 aliphatic carbocycles. The first-order valence-corrected chi connectivity index (χ1v) is 7.83. The van der Waals surface area contributed by atoms with Gasteiger partial charge in [-0.1, -0.05) is 0 Å². The monoisotopic (exact) mass is 318 g/mol. The van der Waals surface area contributed by atoms with E-state index in [4.69, 9.17) is 4.42 Å². The first-order chi connectivity index (χ1) is 11.0. The third-order valence-corrected chi connectivity index (χ3v) is 4.39. The zero-order valence-corrected chi connectivity index (χ0v) is 13.5. The van der Waals surface area contributed by atoms with Crippen molar-refractivity contribution < 1.29 is 14.0 Å². The van der Waals surface area contributed by atoms with E-state index in [0.717, 1.165) is 31.4 Å². The van der Waals surface area contributed by atoms with Crippen molar-refractivity contribution in [2.24, 2.45) is 7.05 Å². The molecule has 7 nitrogen and oxygen atoms in total. The Morgan fingerprint density at radius 1 is 1.30 bits per heavy atom. The van der Waals surface area contributed by atoms with Crippen LogP contribution in [0.1, 0.15) is 23.3 Å². The van der Waals surface area contributed by atoms with Crippen LogP contribution in [0.3, 0.4) is 0 Å². The highest BCUT2D eigenvalue weighted by Crippen LogP contribution is 2.19. The van der Waals surface area contributed by atoms with Crippen LogP contribution in [-0.2, 0) is 11.8 Å². The largest absolute Gasteiger partial charge is 0.463 e. The molecule has 0 unspecified atom stereocenters. The van der Waals surface area contributed by atoms with Gasteiger partial charge < -0.3 is 24.5 Å². The molecule has 0 atom stereocenters. The molecule has 2 aromatic rings. The Balaban J connectivity index is 1.51. The molecular weight excluding hydrogens is 296 g/mol. The quantitative estimate of drug-likeness (QED) is 0.870. The second-order valence-corrected chi connectivity index (χ2v) is 6.09. The van der Waals surface area contributed by atoms with Crippen LogP contribution < -0.4 is 10.6 Å². The first kappa shape index (κ1) is 15.6. The summed E-state index contributed by atoms with van der Waals surface area (Å²) >= 11 is 0. The lowest BCUT2D eigenvalue weighted by Gasteiger charge is -2.29. The second kappa shape index (κ2) is 6.45. The molecule has 1 aliphatic rings. The summed E-state index contributed by atoms with van der Waals surface area (Å²) in [6, 6.07) is 3.69. The number of nitrogens with one attached hydrogen (secondary N) is 2. The molecule has 7 heteroatoms. The van der Waals surface area contributed by atoms with E-state index in [0.29, 0.717) is 11.3 Å². The molecule has 1 fully saturated rings. The number of amides is 2. The van der Waals surface area contributed by atoms with Gasteiger partial charge in [0.2, 0.25) is 5.91 Å². The van der Waals surface area contributed by atoms with Gasteiger partial charge in [0.1, 0.15) is 5.69 Å². The topological polar surface area (TPSA) is 79.5 Å². The number of carbonyl (C=O) groups excluding carboxylic acids is 2. The molecule has 1 saturated heterocycles. The highest BCUT2D eigenvalue weighted by atomic mass is 16.3. The number of hydrogen-bond acceptors (Lipinski definition) is 4. The van der Waals surface area contributed by atoms with E-state index in [-0.39, 0.29) is 24.4 Å². The fourth-order valence-electron chi connectivity index (χ4n) is 2.95. The predicted molar refractivity (Wildman–Crippen MR) is 86.2 cm³/mol. The first-order valence-electron chi connectivity index (χ1n) is 7.83. The van der Waals surface area contributed by atoms with Gasteiger partial charge in [-0.3, -0.25) is 9.59 Å². The number of likely N-dealkylation sites (tertiary alicyclic amines) is 1. The summed E-state index contributed by atoms with van der Waals surface area (Å²) < 4.78 is 7.03. The number of fused-ring (bicyclic) bond motifs is 1. The zero-order valence-electron chi connectivity index (χ0n) is 13.5. The van der Waals surface area contributed by atoms with Crippen molar-refractivity contribution in [2.45, 2.75) is 18.9 Å². The Kier molecular flexibility index (Phi) is 4.38. The summed E-state index contributed by atoms with van der Waals surface area (Å²) in [6.45, 7) is 1.96. The van der Waals surface area contributed by atoms with Gasteiger partial charge in [-0.25, -0.2) is 0 Å². The fourth-order valence-corrected chi connectivity index (χ4v) is 2.95. The second-order valence-electron chi connectivity index (χ2n) is 6.09. The van der Waals surface area contributed by atoms with Gasteiger partial charge in [0.25, 0.3) is 5.91 Å². The summed E-state index contributed by atoms with van der Waals surface area (Å²) in [5.74, 6) is -0.428. The molecule has 0 radical (unpaired) electrons. The maximum Gasteiger partial charge on any atom is 0.268 e. The van der Waals surface area contributed by atoms with Crippen LogP contribution in [0.15, 0.2) is 22.8 Å². The van der Waals surface area contributed by atoms with Crippen molar-refractivity contribution in [3.63, 3.8) is 0 Å². The highest BCUT2D eigenvalue weighted by Gasteiger charge is 2.19. The Bertz CT molecular complexity index is 710. The van der Waals surface area contributed by atoms with Gasteiger partial charge in [0.05, 0.1) is 18.3 Å². The van der Waals surface area contributed by atoms with E-state index in [2.05, 4.69) is 22.6 Å². The van der Waals surface area contributed by atoms with E-state index in [9.17, 15) is 9.59 Å². The molecule has 0 bridgehead atoms. The van der Waals surface area contributed by atoms with Crippen molar-refractivity contribution in [1.82, 2.24) is 20.1 Å². The maximum atomic E-state index is 12.2. The van der Waals surface area contributed by atoms with Crippen LogP contribution in [0.4, 0.5) is 0 Å². The molecule has 0 saturated carbocycles. The van der Waals surface area contributed by atoms with E-state index in [1.54, 1.807) is 30.0 Å². The number of piperidine rings is 1. The lowest BCUT2D eigenvalue weighted by molar-refractivity contribution is -0.121. The van der Waals surface area contributed by atoms with E-state index >= 15 is 0 Å². The van der Waals surface area contributed by atoms with Crippen molar-refractivity contribution in [3.05, 3.63) is 24.1 Å². The Morgan fingerprint density at radius 2 is 2.04 bits per heavy atom. The van der Waals surface area contributed by atoms with Crippen LogP contribution in [0, 0.1) is 0 Å².